The summed E-state index contributed by atoms with van der Waals surface area (Å²) in [7, 11) is 1.51. The Kier molecular flexibility index (Phi) is 8.10. The predicted octanol–water partition coefficient (Wildman–Crippen LogP) is 5.47. The predicted molar refractivity (Wildman–Crippen MR) is 158 cm³/mol. The minimum absolute atomic E-state index is 0.0364. The molecule has 1 aliphatic carbocycles. The normalized spacial score (nSPS) is 22.9. The van der Waals surface area contributed by atoms with Gasteiger partial charge in [-0.1, -0.05) is 29.8 Å². The Morgan fingerprint density at radius 3 is 2.58 bits per heavy atom. The Balaban J connectivity index is 1.14. The maximum Gasteiger partial charge on any atom is 0.309 e. The molecule has 0 radical (unpaired) electrons. The molecular formula is C32H39N3O4S. The fourth-order valence-electron chi connectivity index (χ4n) is 6.59. The van der Waals surface area contributed by atoms with Crippen molar-refractivity contribution >= 4 is 22.4 Å². The van der Waals surface area contributed by atoms with E-state index in [2.05, 4.69) is 65.4 Å². The van der Waals surface area contributed by atoms with E-state index in [0.717, 1.165) is 80.9 Å². The van der Waals surface area contributed by atoms with Crippen LogP contribution in [-0.4, -0.2) is 62.4 Å². The molecule has 1 saturated carbocycles. The van der Waals surface area contributed by atoms with Crippen LogP contribution in [0.3, 0.4) is 0 Å². The third-order valence-electron chi connectivity index (χ3n) is 8.78. The first-order valence-corrected chi connectivity index (χ1v) is 15.3. The van der Waals surface area contributed by atoms with Gasteiger partial charge in [0.2, 0.25) is 0 Å². The summed E-state index contributed by atoms with van der Waals surface area (Å²) in [6.07, 6.45) is 2.17. The summed E-state index contributed by atoms with van der Waals surface area (Å²) in [6, 6.07) is 13.0. The molecule has 2 unspecified atom stereocenters. The van der Waals surface area contributed by atoms with Crippen LogP contribution in [-0.2, 0) is 27.4 Å². The molecule has 2 saturated heterocycles. The Bertz CT molecular complexity index is 1340. The fraction of sp³-hybridized carbons (Fsp3) is 0.500. The van der Waals surface area contributed by atoms with Gasteiger partial charge in [-0.25, -0.2) is 4.98 Å². The Morgan fingerprint density at radius 2 is 1.85 bits per heavy atom. The minimum Gasteiger partial charge on any atom is -0.488 e. The van der Waals surface area contributed by atoms with Crippen molar-refractivity contribution in [2.24, 2.45) is 17.8 Å². The van der Waals surface area contributed by atoms with E-state index in [1.54, 1.807) is 11.3 Å². The third kappa shape index (κ3) is 5.76. The van der Waals surface area contributed by atoms with E-state index in [1.807, 2.05) is 0 Å². The number of carbonyl (C=O) groups excluding carboxylic acids is 1. The Labute approximate surface area is 241 Å². The van der Waals surface area contributed by atoms with Crippen molar-refractivity contribution in [1.29, 1.82) is 0 Å². The number of benzene rings is 2. The molecule has 2 atom stereocenters. The lowest BCUT2D eigenvalue weighted by atomic mass is 9.85. The molecule has 2 bridgehead atoms. The van der Waals surface area contributed by atoms with Crippen molar-refractivity contribution in [1.82, 2.24) is 9.88 Å². The summed E-state index contributed by atoms with van der Waals surface area (Å²) >= 11 is 1.68. The van der Waals surface area contributed by atoms with Crippen molar-refractivity contribution in [3.05, 3.63) is 64.0 Å². The number of thiazole rings is 1. The van der Waals surface area contributed by atoms with Gasteiger partial charge in [0.05, 0.1) is 31.9 Å². The molecule has 2 aliphatic heterocycles. The van der Waals surface area contributed by atoms with E-state index < -0.39 is 0 Å². The molecule has 1 aromatic heterocycles. The van der Waals surface area contributed by atoms with E-state index in [1.165, 1.54) is 29.4 Å². The molecule has 0 amide bonds. The number of carbonyl (C=O) groups is 1. The first-order chi connectivity index (χ1) is 19.5. The van der Waals surface area contributed by atoms with E-state index >= 15 is 0 Å². The van der Waals surface area contributed by atoms with Crippen LogP contribution in [0.4, 0.5) is 5.13 Å². The Hall–Kier alpha value is -2.94. The van der Waals surface area contributed by atoms with Crippen LogP contribution in [0.2, 0.25) is 0 Å². The van der Waals surface area contributed by atoms with Crippen LogP contribution in [0.25, 0.3) is 11.3 Å². The topological polar surface area (TPSA) is 64.1 Å². The lowest BCUT2D eigenvalue weighted by Gasteiger charge is -2.36. The van der Waals surface area contributed by atoms with Crippen LogP contribution < -0.4 is 9.64 Å². The van der Waals surface area contributed by atoms with Crippen molar-refractivity contribution in [2.75, 3.05) is 51.4 Å². The number of aromatic nitrogens is 1. The largest absolute Gasteiger partial charge is 0.488 e. The SMILES string of the molecule is COC(=O)C1C2CCC1CN(c1nc(-c3cc(C)ccc3OCc3ccc(CN4CCOCC4)cc3C)cs1)C2. The van der Waals surface area contributed by atoms with Gasteiger partial charge >= 0.3 is 5.97 Å². The van der Waals surface area contributed by atoms with Crippen molar-refractivity contribution in [3.8, 4) is 17.0 Å². The van der Waals surface area contributed by atoms with Gasteiger partial charge in [-0.15, -0.1) is 11.3 Å². The number of anilines is 1. The maximum absolute atomic E-state index is 12.3. The van der Waals surface area contributed by atoms with Crippen LogP contribution in [0.15, 0.2) is 41.8 Å². The molecule has 0 N–H and O–H groups in total. The van der Waals surface area contributed by atoms with Crippen LogP contribution in [0.1, 0.15) is 35.1 Å². The second-order valence-electron chi connectivity index (χ2n) is 11.5. The number of nitrogens with zero attached hydrogens (tertiary/aromatic N) is 3. The second kappa shape index (κ2) is 11.9. The molecule has 2 aromatic carbocycles. The summed E-state index contributed by atoms with van der Waals surface area (Å²) in [4.78, 5) is 22.2. The molecular weight excluding hydrogens is 522 g/mol. The fourth-order valence-corrected chi connectivity index (χ4v) is 7.44. The van der Waals surface area contributed by atoms with Crippen molar-refractivity contribution in [2.45, 2.75) is 39.8 Å². The van der Waals surface area contributed by atoms with Crippen LogP contribution in [0.5, 0.6) is 5.75 Å². The smallest absolute Gasteiger partial charge is 0.309 e. The monoisotopic (exact) mass is 561 g/mol. The zero-order chi connectivity index (χ0) is 27.6. The van der Waals surface area contributed by atoms with E-state index in [0.29, 0.717) is 18.4 Å². The highest BCUT2D eigenvalue weighted by Gasteiger charge is 2.47. The first-order valence-electron chi connectivity index (χ1n) is 14.4. The Morgan fingerprint density at radius 1 is 1.07 bits per heavy atom. The minimum atomic E-state index is -0.0458. The summed E-state index contributed by atoms with van der Waals surface area (Å²) in [5, 5.41) is 3.16. The van der Waals surface area contributed by atoms with Crippen LogP contribution >= 0.6 is 11.3 Å². The maximum atomic E-state index is 12.3. The number of rotatable bonds is 8. The lowest BCUT2D eigenvalue weighted by Crippen LogP contribution is -2.45. The molecule has 212 valence electrons. The summed E-state index contributed by atoms with van der Waals surface area (Å²) in [6.45, 7) is 11.1. The van der Waals surface area contributed by atoms with Gasteiger partial charge in [0, 0.05) is 43.7 Å². The number of hydrogen-bond donors (Lipinski definition) is 0. The number of piperidine rings is 1. The quantitative estimate of drug-likeness (QED) is 0.338. The zero-order valence-corrected chi connectivity index (χ0v) is 24.5. The molecule has 6 rings (SSSR count). The molecule has 3 aliphatic rings. The van der Waals surface area contributed by atoms with Crippen molar-refractivity contribution in [3.63, 3.8) is 0 Å². The highest BCUT2D eigenvalue weighted by Crippen LogP contribution is 2.45. The summed E-state index contributed by atoms with van der Waals surface area (Å²) < 4.78 is 17.0. The van der Waals surface area contributed by atoms with Crippen molar-refractivity contribution < 1.29 is 19.0 Å². The van der Waals surface area contributed by atoms with Gasteiger partial charge in [0.25, 0.3) is 0 Å². The average Bonchev–Trinajstić information content (AvgIpc) is 3.56. The van der Waals surface area contributed by atoms with E-state index in [9.17, 15) is 4.79 Å². The summed E-state index contributed by atoms with van der Waals surface area (Å²) in [5.41, 5.74) is 6.92. The van der Waals surface area contributed by atoms with Gasteiger partial charge in [-0.05, 0) is 67.3 Å². The molecule has 40 heavy (non-hydrogen) atoms. The number of ether oxygens (including phenoxy) is 3. The highest BCUT2D eigenvalue weighted by molar-refractivity contribution is 7.14. The zero-order valence-electron chi connectivity index (χ0n) is 23.7. The molecule has 0 spiro atoms. The molecule has 3 fully saturated rings. The number of esters is 1. The highest BCUT2D eigenvalue weighted by atomic mass is 32.1. The second-order valence-corrected chi connectivity index (χ2v) is 12.3. The van der Waals surface area contributed by atoms with Gasteiger partial charge in [0.1, 0.15) is 12.4 Å². The number of morpholine rings is 1. The third-order valence-corrected chi connectivity index (χ3v) is 9.68. The van der Waals surface area contributed by atoms with Gasteiger partial charge in [-0.3, -0.25) is 9.69 Å². The molecule has 8 heteroatoms. The number of methoxy groups -OCH3 is 1. The molecule has 3 heterocycles. The first kappa shape index (κ1) is 27.2. The van der Waals surface area contributed by atoms with Gasteiger partial charge < -0.3 is 19.1 Å². The summed E-state index contributed by atoms with van der Waals surface area (Å²) in [5.74, 6) is 1.54. The van der Waals surface area contributed by atoms with E-state index in [4.69, 9.17) is 19.2 Å². The number of aryl methyl sites for hydroxylation is 2. The number of fused-ring (bicyclic) bond motifs is 2. The molecule has 7 nitrogen and oxygen atoms in total. The van der Waals surface area contributed by atoms with E-state index in [-0.39, 0.29) is 11.9 Å². The van der Waals surface area contributed by atoms with Gasteiger partial charge in [-0.2, -0.15) is 0 Å². The molecule has 3 aromatic rings. The lowest BCUT2D eigenvalue weighted by molar-refractivity contribution is -0.148. The standard InChI is InChI=1S/C32H39N3O4S/c1-21-4-9-29(39-19-26-6-5-23(15-22(26)2)16-34-10-12-38-13-11-34)27(14-21)28-20-40-32(33-28)35-17-24-7-8-25(18-35)30(24)31(36)37-3/h4-6,9,14-15,20,24-25,30H,7-8,10-13,16-19H2,1-3H3. The average molecular weight is 562 g/mol. The van der Waals surface area contributed by atoms with Gasteiger partial charge in [0.15, 0.2) is 5.13 Å². The number of hydrogen-bond acceptors (Lipinski definition) is 8. The van der Waals surface area contributed by atoms with Crippen LogP contribution in [0, 0.1) is 31.6 Å².